The summed E-state index contributed by atoms with van der Waals surface area (Å²) in [6.07, 6.45) is 0.641. The van der Waals surface area contributed by atoms with Gasteiger partial charge in [0.25, 0.3) is 5.91 Å². The molecule has 0 aliphatic carbocycles. The zero-order chi connectivity index (χ0) is 28.6. The Hall–Kier alpha value is -3.57. The van der Waals surface area contributed by atoms with E-state index >= 15 is 0 Å². The minimum atomic E-state index is -0.467. The molecular formula is C29H37N5O5S. The molecule has 11 heteroatoms. The molecule has 1 aliphatic rings. The van der Waals surface area contributed by atoms with Crippen LogP contribution in [0.3, 0.4) is 0 Å². The van der Waals surface area contributed by atoms with Crippen molar-refractivity contribution in [2.75, 3.05) is 33.9 Å². The molecular weight excluding hydrogens is 530 g/mol. The van der Waals surface area contributed by atoms with E-state index in [0.29, 0.717) is 49.5 Å². The van der Waals surface area contributed by atoms with Crippen molar-refractivity contribution >= 4 is 44.6 Å². The van der Waals surface area contributed by atoms with E-state index in [1.165, 1.54) is 4.83 Å². The predicted octanol–water partition coefficient (Wildman–Crippen LogP) is 5.04. The lowest BCUT2D eigenvalue weighted by Crippen LogP contribution is -2.47. The van der Waals surface area contributed by atoms with E-state index in [1.807, 2.05) is 38.5 Å². The van der Waals surface area contributed by atoms with Gasteiger partial charge in [0, 0.05) is 43.7 Å². The highest BCUT2D eigenvalue weighted by atomic mass is 32.1. The van der Waals surface area contributed by atoms with Crippen LogP contribution in [0, 0.1) is 0 Å². The first kappa shape index (κ1) is 28.0. The third kappa shape index (κ3) is 5.53. The van der Waals surface area contributed by atoms with Crippen LogP contribution in [-0.4, -0.2) is 76.6 Å². The number of aromatic nitrogens is 3. The normalized spacial score (nSPS) is 16.1. The first-order valence-electron chi connectivity index (χ1n) is 13.5. The molecule has 3 aromatic heterocycles. The maximum atomic E-state index is 13.7. The molecule has 1 aromatic carbocycles. The summed E-state index contributed by atoms with van der Waals surface area (Å²) in [4.78, 5) is 33.9. The lowest BCUT2D eigenvalue weighted by molar-refractivity contribution is 0.0322. The number of rotatable bonds is 7. The highest BCUT2D eigenvalue weighted by molar-refractivity contribution is 7.16. The van der Waals surface area contributed by atoms with Crippen LogP contribution < -0.4 is 10.1 Å². The molecule has 1 fully saturated rings. The number of aryl methyl sites for hydroxylation is 1. The molecule has 1 aliphatic heterocycles. The van der Waals surface area contributed by atoms with Gasteiger partial charge in [-0.2, -0.15) is 0 Å². The number of carbonyl (C=O) groups excluding carboxylic acids is 2. The van der Waals surface area contributed by atoms with E-state index in [1.54, 1.807) is 36.5 Å². The minimum Gasteiger partial charge on any atom is -0.494 e. The van der Waals surface area contributed by atoms with Gasteiger partial charge in [0.15, 0.2) is 5.82 Å². The van der Waals surface area contributed by atoms with Crippen LogP contribution in [-0.2, 0) is 23.1 Å². The number of alkyl carbamates (subject to hydrolysis) is 1. The molecule has 1 N–H and O–H groups in total. The number of methoxy groups -OCH3 is 2. The summed E-state index contributed by atoms with van der Waals surface area (Å²) >= 11 is 1.69. The molecule has 0 spiro atoms. The van der Waals surface area contributed by atoms with Gasteiger partial charge in [-0.3, -0.25) is 4.79 Å². The van der Waals surface area contributed by atoms with Crippen molar-refractivity contribution in [3.8, 4) is 17.3 Å². The first-order valence-corrected chi connectivity index (χ1v) is 14.4. The molecule has 0 bridgehead atoms. The Morgan fingerprint density at radius 1 is 1.20 bits per heavy atom. The monoisotopic (exact) mass is 567 g/mol. The number of amides is 2. The van der Waals surface area contributed by atoms with Gasteiger partial charge in [-0.15, -0.1) is 11.3 Å². The largest absolute Gasteiger partial charge is 0.494 e. The van der Waals surface area contributed by atoms with Crippen molar-refractivity contribution in [2.45, 2.75) is 51.8 Å². The Morgan fingerprint density at radius 3 is 2.73 bits per heavy atom. The van der Waals surface area contributed by atoms with Crippen molar-refractivity contribution in [3.63, 3.8) is 0 Å². The average molecular weight is 568 g/mol. The van der Waals surface area contributed by atoms with Crippen LogP contribution in [0.25, 0.3) is 32.8 Å². The number of likely N-dealkylation sites (tertiary alicyclic amines) is 1. The Morgan fingerprint density at radius 2 is 2.00 bits per heavy atom. The second kappa shape index (κ2) is 11.1. The summed E-state index contributed by atoms with van der Waals surface area (Å²) in [7, 11) is 5.27. The fourth-order valence-corrected chi connectivity index (χ4v) is 6.20. The number of imidazole rings is 1. The number of thiophene rings is 1. The second-order valence-electron chi connectivity index (χ2n) is 11.2. The number of nitrogens with zero attached hydrogens (tertiary/aromatic N) is 4. The summed E-state index contributed by atoms with van der Waals surface area (Å²) in [5.74, 6) is 1.22. The summed E-state index contributed by atoms with van der Waals surface area (Å²) < 4.78 is 21.0. The molecule has 1 atom stereocenters. The lowest BCUT2D eigenvalue weighted by atomic mass is 10.1. The molecule has 2 amide bonds. The predicted molar refractivity (Wildman–Crippen MR) is 156 cm³/mol. The molecule has 40 heavy (non-hydrogen) atoms. The van der Waals surface area contributed by atoms with Crippen LogP contribution in [0.2, 0.25) is 0 Å². The fraction of sp³-hybridized carbons (Fsp3) is 0.483. The minimum absolute atomic E-state index is 0.138. The van der Waals surface area contributed by atoms with E-state index in [0.717, 1.165) is 28.8 Å². The molecule has 4 aromatic rings. The molecule has 214 valence electrons. The summed E-state index contributed by atoms with van der Waals surface area (Å²) in [5.41, 5.74) is 2.57. The number of hydrogen-bond acceptors (Lipinski definition) is 7. The number of nitrogens with one attached hydrogen (secondary N) is 1. The molecule has 1 saturated heterocycles. The van der Waals surface area contributed by atoms with Crippen LogP contribution >= 0.6 is 11.3 Å². The Labute approximate surface area is 237 Å². The molecule has 4 heterocycles. The van der Waals surface area contributed by atoms with Crippen LogP contribution in [0.5, 0.6) is 5.75 Å². The van der Waals surface area contributed by atoms with Crippen molar-refractivity contribution in [3.05, 3.63) is 35.2 Å². The topological polar surface area (TPSA) is 99.8 Å². The number of fused-ring (bicyclic) bond motifs is 2. The van der Waals surface area contributed by atoms with Gasteiger partial charge in [-0.25, -0.2) is 9.78 Å². The SMILES string of the molecule is COCCn1c(-c2nc3cc(C(=O)N4CCC[C@@H](OC(=O)NC(C)(C)C)C4)cc(OC)c3n2C)cc2ccsc21. The van der Waals surface area contributed by atoms with E-state index in [2.05, 4.69) is 27.4 Å². The second-order valence-corrected chi connectivity index (χ2v) is 12.1. The Kier molecular flexibility index (Phi) is 7.78. The lowest BCUT2D eigenvalue weighted by Gasteiger charge is -2.33. The van der Waals surface area contributed by atoms with Gasteiger partial charge in [-0.05, 0) is 63.3 Å². The number of carbonyl (C=O) groups is 2. The third-order valence-electron chi connectivity index (χ3n) is 7.07. The van der Waals surface area contributed by atoms with Gasteiger partial charge < -0.3 is 33.6 Å². The zero-order valence-corrected chi connectivity index (χ0v) is 24.8. The summed E-state index contributed by atoms with van der Waals surface area (Å²) in [5, 5.41) is 6.06. The maximum Gasteiger partial charge on any atom is 0.407 e. The molecule has 5 rings (SSSR count). The van der Waals surface area contributed by atoms with Gasteiger partial charge in [-0.1, -0.05) is 0 Å². The van der Waals surface area contributed by atoms with Crippen molar-refractivity contribution < 1.29 is 23.8 Å². The van der Waals surface area contributed by atoms with E-state index in [9.17, 15) is 9.59 Å². The van der Waals surface area contributed by atoms with Crippen molar-refractivity contribution in [1.82, 2.24) is 24.3 Å². The number of ether oxygens (including phenoxy) is 3. The standard InChI is InChI=1S/C29H37N5O5S/c1-29(2,3)31-28(36)39-20-8-7-10-33(17-20)26(35)19-14-21-24(23(16-19)38-6)32(4)25(30-21)22-15-18-9-13-40-27(18)34(22)11-12-37-5/h9,13-16,20H,7-8,10-12,17H2,1-6H3,(H,31,36)/t20-/m1/s1. The van der Waals surface area contributed by atoms with Crippen molar-refractivity contribution in [1.29, 1.82) is 0 Å². The smallest absolute Gasteiger partial charge is 0.407 e. The fourth-order valence-electron chi connectivity index (χ4n) is 5.27. The van der Waals surface area contributed by atoms with Crippen LogP contribution in [0.4, 0.5) is 4.79 Å². The van der Waals surface area contributed by atoms with Gasteiger partial charge in [0.2, 0.25) is 0 Å². The number of hydrogen-bond donors (Lipinski definition) is 1. The molecule has 0 saturated carbocycles. The zero-order valence-electron chi connectivity index (χ0n) is 23.9. The van der Waals surface area contributed by atoms with Gasteiger partial charge in [0.05, 0.1) is 31.5 Å². The average Bonchev–Trinajstić information content (AvgIpc) is 3.59. The summed E-state index contributed by atoms with van der Waals surface area (Å²) in [6.45, 7) is 7.92. The van der Waals surface area contributed by atoms with E-state index in [4.69, 9.17) is 19.2 Å². The first-order chi connectivity index (χ1) is 19.1. The highest BCUT2D eigenvalue weighted by Crippen LogP contribution is 2.36. The van der Waals surface area contributed by atoms with E-state index in [-0.39, 0.29) is 12.0 Å². The Bertz CT molecular complexity index is 1550. The third-order valence-corrected chi connectivity index (χ3v) is 8.02. The summed E-state index contributed by atoms with van der Waals surface area (Å²) in [6, 6.07) is 7.85. The van der Waals surface area contributed by atoms with E-state index < -0.39 is 11.6 Å². The Balaban J connectivity index is 1.45. The van der Waals surface area contributed by atoms with Crippen LogP contribution in [0.15, 0.2) is 29.6 Å². The number of piperidine rings is 1. The molecule has 10 nitrogen and oxygen atoms in total. The molecule has 0 radical (unpaired) electrons. The van der Waals surface area contributed by atoms with Crippen molar-refractivity contribution in [2.24, 2.45) is 7.05 Å². The quantitative estimate of drug-likeness (QED) is 0.336. The van der Waals surface area contributed by atoms with Gasteiger partial charge >= 0.3 is 6.09 Å². The highest BCUT2D eigenvalue weighted by Gasteiger charge is 2.29. The number of benzene rings is 1. The van der Waals surface area contributed by atoms with Gasteiger partial charge in [0.1, 0.15) is 22.2 Å². The molecule has 0 unspecified atom stereocenters. The maximum absolute atomic E-state index is 13.7. The van der Waals surface area contributed by atoms with Crippen LogP contribution in [0.1, 0.15) is 44.0 Å².